The van der Waals surface area contributed by atoms with Crippen LogP contribution in [0.15, 0.2) is 22.9 Å². The molecule has 0 atom stereocenters. The van der Waals surface area contributed by atoms with Crippen molar-refractivity contribution >= 4 is 15.9 Å². The van der Waals surface area contributed by atoms with Crippen LogP contribution in [0, 0.1) is 5.92 Å². The average molecular weight is 214 g/mol. The van der Waals surface area contributed by atoms with E-state index in [0.29, 0.717) is 5.92 Å². The SMILES string of the molecule is CC(C)Cc1cncc(Br)c1. The van der Waals surface area contributed by atoms with Crippen molar-refractivity contribution in [2.24, 2.45) is 5.92 Å². The molecule has 1 nitrogen and oxygen atoms in total. The summed E-state index contributed by atoms with van der Waals surface area (Å²) in [5.41, 5.74) is 1.30. The van der Waals surface area contributed by atoms with E-state index in [0.717, 1.165) is 10.9 Å². The van der Waals surface area contributed by atoms with Gasteiger partial charge in [0.25, 0.3) is 0 Å². The number of hydrogen-bond acceptors (Lipinski definition) is 1. The van der Waals surface area contributed by atoms with Gasteiger partial charge < -0.3 is 0 Å². The quantitative estimate of drug-likeness (QED) is 0.737. The zero-order chi connectivity index (χ0) is 8.27. The topological polar surface area (TPSA) is 12.9 Å². The molecule has 0 N–H and O–H groups in total. The minimum absolute atomic E-state index is 0.700. The average Bonchev–Trinajstić information content (AvgIpc) is 1.85. The van der Waals surface area contributed by atoms with Gasteiger partial charge in [-0.2, -0.15) is 0 Å². The highest BCUT2D eigenvalue weighted by Gasteiger charge is 1.97. The van der Waals surface area contributed by atoms with E-state index in [9.17, 15) is 0 Å². The second kappa shape index (κ2) is 3.86. The number of aromatic nitrogens is 1. The molecule has 0 aliphatic rings. The van der Waals surface area contributed by atoms with Crippen molar-refractivity contribution in [2.75, 3.05) is 0 Å². The Hall–Kier alpha value is -0.370. The normalized spacial score (nSPS) is 10.5. The Bertz CT molecular complexity index is 233. The first-order chi connectivity index (χ1) is 5.18. The molecule has 0 aromatic carbocycles. The highest BCUT2D eigenvalue weighted by atomic mass is 79.9. The Labute approximate surface area is 76.0 Å². The van der Waals surface area contributed by atoms with Gasteiger partial charge in [0.05, 0.1) is 0 Å². The van der Waals surface area contributed by atoms with Crippen molar-refractivity contribution < 1.29 is 0 Å². The Morgan fingerprint density at radius 2 is 2.18 bits per heavy atom. The Kier molecular flexibility index (Phi) is 3.06. The van der Waals surface area contributed by atoms with Gasteiger partial charge in [-0.1, -0.05) is 13.8 Å². The molecule has 60 valence electrons. The van der Waals surface area contributed by atoms with E-state index in [1.165, 1.54) is 5.56 Å². The summed E-state index contributed by atoms with van der Waals surface area (Å²) in [4.78, 5) is 4.09. The molecule has 0 aliphatic heterocycles. The molecule has 1 rings (SSSR count). The first-order valence-corrected chi connectivity index (χ1v) is 4.57. The standard InChI is InChI=1S/C9H12BrN/c1-7(2)3-8-4-9(10)6-11-5-8/h4-7H,3H2,1-2H3. The van der Waals surface area contributed by atoms with Crippen LogP contribution in [-0.2, 0) is 6.42 Å². The van der Waals surface area contributed by atoms with Crippen LogP contribution in [0.3, 0.4) is 0 Å². The number of rotatable bonds is 2. The Morgan fingerprint density at radius 1 is 1.45 bits per heavy atom. The van der Waals surface area contributed by atoms with Crippen molar-refractivity contribution in [1.82, 2.24) is 4.98 Å². The molecule has 2 heteroatoms. The smallest absolute Gasteiger partial charge is 0.0410 e. The molecule has 0 radical (unpaired) electrons. The van der Waals surface area contributed by atoms with Crippen LogP contribution in [0.5, 0.6) is 0 Å². The van der Waals surface area contributed by atoms with Gasteiger partial charge in [0, 0.05) is 16.9 Å². The highest BCUT2D eigenvalue weighted by molar-refractivity contribution is 9.10. The largest absolute Gasteiger partial charge is 0.263 e. The number of hydrogen-bond donors (Lipinski definition) is 0. The molecule has 0 amide bonds. The predicted octanol–water partition coefficient (Wildman–Crippen LogP) is 3.04. The van der Waals surface area contributed by atoms with Crippen molar-refractivity contribution in [3.63, 3.8) is 0 Å². The summed E-state index contributed by atoms with van der Waals surface area (Å²) >= 11 is 3.39. The van der Waals surface area contributed by atoms with E-state index in [1.54, 1.807) is 0 Å². The summed E-state index contributed by atoms with van der Waals surface area (Å²) in [5, 5.41) is 0. The van der Waals surface area contributed by atoms with Gasteiger partial charge >= 0.3 is 0 Å². The third kappa shape index (κ3) is 3.02. The van der Waals surface area contributed by atoms with E-state index >= 15 is 0 Å². The van der Waals surface area contributed by atoms with E-state index in [4.69, 9.17) is 0 Å². The minimum atomic E-state index is 0.700. The summed E-state index contributed by atoms with van der Waals surface area (Å²) in [7, 11) is 0. The van der Waals surface area contributed by atoms with Crippen LogP contribution in [-0.4, -0.2) is 4.98 Å². The number of pyridine rings is 1. The summed E-state index contributed by atoms with van der Waals surface area (Å²) in [6, 6.07) is 2.12. The molecule has 0 aliphatic carbocycles. The van der Waals surface area contributed by atoms with Crippen LogP contribution >= 0.6 is 15.9 Å². The molecule has 0 bridgehead atoms. The molecule has 0 saturated carbocycles. The van der Waals surface area contributed by atoms with E-state index in [-0.39, 0.29) is 0 Å². The lowest BCUT2D eigenvalue weighted by molar-refractivity contribution is 0.645. The molecule has 1 aromatic rings. The van der Waals surface area contributed by atoms with Crippen LogP contribution < -0.4 is 0 Å². The zero-order valence-corrected chi connectivity index (χ0v) is 8.43. The van der Waals surface area contributed by atoms with Crippen molar-refractivity contribution in [1.29, 1.82) is 0 Å². The van der Waals surface area contributed by atoms with Crippen molar-refractivity contribution in [3.8, 4) is 0 Å². The molecule has 11 heavy (non-hydrogen) atoms. The van der Waals surface area contributed by atoms with E-state index in [2.05, 4.69) is 40.8 Å². The molecule has 0 unspecified atom stereocenters. The summed E-state index contributed by atoms with van der Waals surface area (Å²) in [5.74, 6) is 0.700. The lowest BCUT2D eigenvalue weighted by Crippen LogP contribution is -1.94. The lowest BCUT2D eigenvalue weighted by Gasteiger charge is -2.03. The molecule has 1 heterocycles. The van der Waals surface area contributed by atoms with Gasteiger partial charge in [-0.25, -0.2) is 0 Å². The maximum atomic E-state index is 4.09. The highest BCUT2D eigenvalue weighted by Crippen LogP contribution is 2.12. The maximum absolute atomic E-state index is 4.09. The molecular weight excluding hydrogens is 202 g/mol. The number of halogens is 1. The van der Waals surface area contributed by atoms with Gasteiger partial charge in [0.15, 0.2) is 0 Å². The Morgan fingerprint density at radius 3 is 2.73 bits per heavy atom. The third-order valence-corrected chi connectivity index (χ3v) is 1.84. The fourth-order valence-corrected chi connectivity index (χ4v) is 1.45. The molecule has 0 saturated heterocycles. The second-order valence-electron chi connectivity index (χ2n) is 3.11. The summed E-state index contributed by atoms with van der Waals surface area (Å²) in [6.07, 6.45) is 4.83. The molecule has 0 spiro atoms. The minimum Gasteiger partial charge on any atom is -0.263 e. The monoisotopic (exact) mass is 213 g/mol. The first-order valence-electron chi connectivity index (χ1n) is 3.78. The lowest BCUT2D eigenvalue weighted by atomic mass is 10.1. The van der Waals surface area contributed by atoms with Gasteiger partial charge in [0.1, 0.15) is 0 Å². The van der Waals surface area contributed by atoms with E-state index in [1.807, 2.05) is 12.4 Å². The van der Waals surface area contributed by atoms with Gasteiger partial charge in [-0.3, -0.25) is 4.98 Å². The van der Waals surface area contributed by atoms with Gasteiger partial charge in [0.2, 0.25) is 0 Å². The Balaban J connectivity index is 2.71. The van der Waals surface area contributed by atoms with Gasteiger partial charge in [-0.15, -0.1) is 0 Å². The summed E-state index contributed by atoms with van der Waals surface area (Å²) in [6.45, 7) is 4.42. The first kappa shape index (κ1) is 8.72. The van der Waals surface area contributed by atoms with Crippen molar-refractivity contribution in [3.05, 3.63) is 28.5 Å². The molecule has 1 aromatic heterocycles. The maximum Gasteiger partial charge on any atom is 0.0410 e. The van der Waals surface area contributed by atoms with Crippen LogP contribution in [0.25, 0.3) is 0 Å². The van der Waals surface area contributed by atoms with Crippen LogP contribution in [0.2, 0.25) is 0 Å². The molecular formula is C9H12BrN. The predicted molar refractivity (Wildman–Crippen MR) is 50.5 cm³/mol. The van der Waals surface area contributed by atoms with Crippen LogP contribution in [0.1, 0.15) is 19.4 Å². The van der Waals surface area contributed by atoms with Crippen molar-refractivity contribution in [2.45, 2.75) is 20.3 Å². The number of nitrogens with zero attached hydrogens (tertiary/aromatic N) is 1. The second-order valence-corrected chi connectivity index (χ2v) is 4.03. The van der Waals surface area contributed by atoms with Crippen LogP contribution in [0.4, 0.5) is 0 Å². The van der Waals surface area contributed by atoms with E-state index < -0.39 is 0 Å². The zero-order valence-electron chi connectivity index (χ0n) is 6.84. The fraction of sp³-hybridized carbons (Fsp3) is 0.444. The third-order valence-electron chi connectivity index (χ3n) is 1.41. The summed E-state index contributed by atoms with van der Waals surface area (Å²) < 4.78 is 1.07. The molecule has 0 fully saturated rings. The fourth-order valence-electron chi connectivity index (χ4n) is 1.04. The van der Waals surface area contributed by atoms with Gasteiger partial charge in [-0.05, 0) is 39.9 Å².